The van der Waals surface area contributed by atoms with Crippen molar-refractivity contribution in [2.24, 2.45) is 5.92 Å². The summed E-state index contributed by atoms with van der Waals surface area (Å²) in [5.74, 6) is -0.927. The second-order valence-corrected chi connectivity index (χ2v) is 5.03. The Kier molecular flexibility index (Phi) is 4.17. The normalized spacial score (nSPS) is 18.8. The zero-order valence-corrected chi connectivity index (χ0v) is 11.7. The van der Waals surface area contributed by atoms with Crippen molar-refractivity contribution in [3.8, 4) is 0 Å². The van der Waals surface area contributed by atoms with Crippen molar-refractivity contribution in [1.29, 1.82) is 0 Å². The molecule has 1 N–H and O–H groups in total. The summed E-state index contributed by atoms with van der Waals surface area (Å²) in [7, 11) is 0. The largest absolute Gasteiger partial charge is 0.326 e. The van der Waals surface area contributed by atoms with Gasteiger partial charge < -0.3 is 10.2 Å². The molecule has 0 bridgehead atoms. The lowest BCUT2D eigenvalue weighted by Gasteiger charge is -2.31. The standard InChI is InChI=1S/C15H18N2O3/c1-10(18)14-7-4-8-17(15(14)20)13-6-3-5-12(9-13)16-11(2)19/h3,5-6,9,14H,4,7-8H2,1-2H3,(H,16,19). The van der Waals surface area contributed by atoms with Gasteiger partial charge in [-0.15, -0.1) is 0 Å². The number of nitrogens with one attached hydrogen (secondary N) is 1. The minimum absolute atomic E-state index is 0.0854. The molecule has 0 saturated carbocycles. The Bertz CT molecular complexity index is 554. The summed E-state index contributed by atoms with van der Waals surface area (Å²) in [4.78, 5) is 36.5. The first-order valence-corrected chi connectivity index (χ1v) is 6.68. The Morgan fingerprint density at radius 2 is 2.05 bits per heavy atom. The first kappa shape index (κ1) is 14.2. The molecule has 1 fully saturated rings. The van der Waals surface area contributed by atoms with Crippen molar-refractivity contribution in [3.63, 3.8) is 0 Å². The van der Waals surface area contributed by atoms with Crippen LogP contribution in [0.1, 0.15) is 26.7 Å². The Labute approximate surface area is 118 Å². The molecule has 0 radical (unpaired) electrons. The zero-order chi connectivity index (χ0) is 14.7. The second-order valence-electron chi connectivity index (χ2n) is 5.03. The first-order valence-electron chi connectivity index (χ1n) is 6.68. The van der Waals surface area contributed by atoms with Crippen LogP contribution in [0.3, 0.4) is 0 Å². The third kappa shape index (κ3) is 3.04. The number of piperidine rings is 1. The summed E-state index contributed by atoms with van der Waals surface area (Å²) in [6.07, 6.45) is 1.43. The average Bonchev–Trinajstić information content (AvgIpc) is 2.38. The fourth-order valence-electron chi connectivity index (χ4n) is 2.46. The van der Waals surface area contributed by atoms with Gasteiger partial charge in [0.25, 0.3) is 0 Å². The van der Waals surface area contributed by atoms with Crippen molar-refractivity contribution >= 4 is 29.0 Å². The molecule has 1 aromatic carbocycles. The summed E-state index contributed by atoms with van der Waals surface area (Å²) in [6.45, 7) is 3.50. The van der Waals surface area contributed by atoms with Crippen LogP contribution in [0.15, 0.2) is 24.3 Å². The molecule has 0 aliphatic carbocycles. The molecular weight excluding hydrogens is 256 g/mol. The van der Waals surface area contributed by atoms with Gasteiger partial charge >= 0.3 is 0 Å². The summed E-state index contributed by atoms with van der Waals surface area (Å²) in [6, 6.07) is 7.11. The van der Waals surface area contributed by atoms with Crippen LogP contribution < -0.4 is 10.2 Å². The van der Waals surface area contributed by atoms with E-state index in [9.17, 15) is 14.4 Å². The van der Waals surface area contributed by atoms with Gasteiger partial charge in [-0.05, 0) is 38.0 Å². The van der Waals surface area contributed by atoms with Crippen LogP contribution in [0.25, 0.3) is 0 Å². The van der Waals surface area contributed by atoms with Crippen molar-refractivity contribution in [2.45, 2.75) is 26.7 Å². The van der Waals surface area contributed by atoms with Gasteiger partial charge in [0.1, 0.15) is 5.78 Å². The van der Waals surface area contributed by atoms with Gasteiger partial charge in [-0.3, -0.25) is 14.4 Å². The first-order chi connectivity index (χ1) is 9.49. The van der Waals surface area contributed by atoms with E-state index >= 15 is 0 Å². The number of carbonyl (C=O) groups excluding carboxylic acids is 3. The lowest BCUT2D eigenvalue weighted by molar-refractivity contribution is -0.132. The Morgan fingerprint density at radius 1 is 1.30 bits per heavy atom. The third-order valence-corrected chi connectivity index (χ3v) is 3.41. The minimum atomic E-state index is -0.534. The molecule has 106 valence electrons. The molecule has 1 atom stereocenters. The number of Topliss-reactive ketones (excluding diaryl/α,β-unsaturated/α-hetero) is 1. The monoisotopic (exact) mass is 274 g/mol. The topological polar surface area (TPSA) is 66.5 Å². The van der Waals surface area contributed by atoms with E-state index in [1.807, 2.05) is 6.07 Å². The molecule has 0 aromatic heterocycles. The molecule has 1 aliphatic rings. The molecule has 1 saturated heterocycles. The Morgan fingerprint density at radius 3 is 2.70 bits per heavy atom. The molecule has 1 aliphatic heterocycles. The Hall–Kier alpha value is -2.17. The smallest absolute Gasteiger partial charge is 0.237 e. The van der Waals surface area contributed by atoms with E-state index in [-0.39, 0.29) is 17.6 Å². The van der Waals surface area contributed by atoms with Gasteiger partial charge in [-0.25, -0.2) is 0 Å². The van der Waals surface area contributed by atoms with Crippen molar-refractivity contribution < 1.29 is 14.4 Å². The van der Waals surface area contributed by atoms with Gasteiger partial charge in [0.2, 0.25) is 11.8 Å². The predicted molar refractivity (Wildman–Crippen MR) is 76.5 cm³/mol. The van der Waals surface area contributed by atoms with E-state index in [4.69, 9.17) is 0 Å². The molecule has 20 heavy (non-hydrogen) atoms. The molecule has 1 heterocycles. The minimum Gasteiger partial charge on any atom is -0.326 e. The zero-order valence-electron chi connectivity index (χ0n) is 11.7. The van der Waals surface area contributed by atoms with Crippen LogP contribution in [0, 0.1) is 5.92 Å². The fraction of sp³-hybridized carbons (Fsp3) is 0.400. The fourth-order valence-corrected chi connectivity index (χ4v) is 2.46. The third-order valence-electron chi connectivity index (χ3n) is 3.41. The number of amides is 2. The number of ketones is 1. The van der Waals surface area contributed by atoms with Crippen LogP contribution in [-0.2, 0) is 14.4 Å². The van der Waals surface area contributed by atoms with E-state index in [1.165, 1.54) is 13.8 Å². The maximum atomic E-state index is 12.3. The van der Waals surface area contributed by atoms with Gasteiger partial charge in [-0.2, -0.15) is 0 Å². The number of hydrogen-bond donors (Lipinski definition) is 1. The number of rotatable bonds is 3. The predicted octanol–water partition coefficient (Wildman–Crippen LogP) is 1.98. The number of anilines is 2. The molecule has 2 amide bonds. The lowest BCUT2D eigenvalue weighted by atomic mass is 9.93. The van der Waals surface area contributed by atoms with E-state index in [0.717, 1.165) is 6.42 Å². The summed E-state index contributed by atoms with van der Waals surface area (Å²) in [5, 5.41) is 2.69. The van der Waals surface area contributed by atoms with Gasteiger partial charge in [0, 0.05) is 24.8 Å². The highest BCUT2D eigenvalue weighted by molar-refractivity contribution is 6.08. The van der Waals surface area contributed by atoms with E-state index in [1.54, 1.807) is 23.1 Å². The van der Waals surface area contributed by atoms with E-state index < -0.39 is 5.92 Å². The average molecular weight is 274 g/mol. The van der Waals surface area contributed by atoms with Gasteiger partial charge in [0.15, 0.2) is 0 Å². The molecule has 5 heteroatoms. The molecule has 2 rings (SSSR count). The maximum Gasteiger partial charge on any atom is 0.237 e. The van der Waals surface area contributed by atoms with Gasteiger partial charge in [-0.1, -0.05) is 6.07 Å². The molecule has 0 spiro atoms. The Balaban J connectivity index is 2.24. The highest BCUT2D eigenvalue weighted by Crippen LogP contribution is 2.27. The molecule has 5 nitrogen and oxygen atoms in total. The summed E-state index contributed by atoms with van der Waals surface area (Å²) in [5.41, 5.74) is 1.36. The quantitative estimate of drug-likeness (QED) is 0.857. The van der Waals surface area contributed by atoms with Crippen LogP contribution >= 0.6 is 0 Å². The highest BCUT2D eigenvalue weighted by atomic mass is 16.2. The number of nitrogens with zero attached hydrogens (tertiary/aromatic N) is 1. The van der Waals surface area contributed by atoms with Crippen LogP contribution in [0.4, 0.5) is 11.4 Å². The van der Waals surface area contributed by atoms with Crippen molar-refractivity contribution in [1.82, 2.24) is 0 Å². The van der Waals surface area contributed by atoms with Crippen LogP contribution in [0.5, 0.6) is 0 Å². The van der Waals surface area contributed by atoms with E-state index in [0.29, 0.717) is 24.3 Å². The van der Waals surface area contributed by atoms with Crippen LogP contribution in [-0.4, -0.2) is 24.1 Å². The number of benzene rings is 1. The van der Waals surface area contributed by atoms with Crippen LogP contribution in [0.2, 0.25) is 0 Å². The summed E-state index contributed by atoms with van der Waals surface area (Å²) >= 11 is 0. The number of hydrogen-bond acceptors (Lipinski definition) is 3. The maximum absolute atomic E-state index is 12.3. The summed E-state index contributed by atoms with van der Waals surface area (Å²) < 4.78 is 0. The van der Waals surface area contributed by atoms with Crippen molar-refractivity contribution in [3.05, 3.63) is 24.3 Å². The number of carbonyl (C=O) groups is 3. The highest BCUT2D eigenvalue weighted by Gasteiger charge is 2.32. The molecule has 1 aromatic rings. The lowest BCUT2D eigenvalue weighted by Crippen LogP contribution is -2.43. The molecule has 1 unspecified atom stereocenters. The SMILES string of the molecule is CC(=O)Nc1cccc(N2CCCC(C(C)=O)C2=O)c1. The van der Waals surface area contributed by atoms with Gasteiger partial charge in [0.05, 0.1) is 5.92 Å². The van der Waals surface area contributed by atoms with Crippen molar-refractivity contribution in [2.75, 3.05) is 16.8 Å². The molecular formula is C15H18N2O3. The van der Waals surface area contributed by atoms with E-state index in [2.05, 4.69) is 5.32 Å². The second kappa shape index (κ2) is 5.86.